The van der Waals surface area contributed by atoms with Crippen molar-refractivity contribution in [2.75, 3.05) is 5.33 Å². The lowest BCUT2D eigenvalue weighted by atomic mass is 9.89. The van der Waals surface area contributed by atoms with Gasteiger partial charge in [0.2, 0.25) is 0 Å². The van der Waals surface area contributed by atoms with Gasteiger partial charge in [0.05, 0.1) is 0 Å². The Labute approximate surface area is 118 Å². The summed E-state index contributed by atoms with van der Waals surface area (Å²) in [6.45, 7) is 5.80. The first-order valence-electron chi connectivity index (χ1n) is 6.98. The van der Waals surface area contributed by atoms with Gasteiger partial charge in [0.15, 0.2) is 0 Å². The molecular weight excluding hydrogens is 294 g/mol. The molecular formula is C14H24BrNO2. The van der Waals surface area contributed by atoms with E-state index in [-0.39, 0.29) is 11.7 Å². The second kappa shape index (κ2) is 5.40. The lowest BCUT2D eigenvalue weighted by Gasteiger charge is -2.39. The van der Waals surface area contributed by atoms with Crippen LogP contribution in [0.15, 0.2) is 0 Å². The summed E-state index contributed by atoms with van der Waals surface area (Å²) in [5, 5.41) is 1.07. The van der Waals surface area contributed by atoms with Crippen LogP contribution in [0.5, 0.6) is 0 Å². The van der Waals surface area contributed by atoms with E-state index < -0.39 is 0 Å². The number of nitrogens with zero attached hydrogens (tertiary/aromatic N) is 1. The van der Waals surface area contributed by atoms with Crippen molar-refractivity contribution in [3.8, 4) is 0 Å². The van der Waals surface area contributed by atoms with Gasteiger partial charge in [-0.3, -0.25) is 0 Å². The minimum absolute atomic E-state index is 0.104. The summed E-state index contributed by atoms with van der Waals surface area (Å²) in [4.78, 5) is 14.3. The topological polar surface area (TPSA) is 29.5 Å². The normalized spacial score (nSPS) is 31.6. The quantitative estimate of drug-likeness (QED) is 0.722. The number of ether oxygens (including phenoxy) is 1. The SMILES string of the molecule is CC(C)(C)OC(=O)N1C2CCC1CC(CCBr)C2. The molecule has 1 amide bonds. The van der Waals surface area contributed by atoms with Gasteiger partial charge >= 0.3 is 6.09 Å². The molecule has 3 nitrogen and oxygen atoms in total. The number of carbonyl (C=O) groups excluding carboxylic acids is 1. The molecule has 0 spiro atoms. The predicted molar refractivity (Wildman–Crippen MR) is 76.0 cm³/mol. The van der Waals surface area contributed by atoms with Crippen LogP contribution in [0.2, 0.25) is 0 Å². The predicted octanol–water partition coefficient (Wildman–Crippen LogP) is 3.95. The van der Waals surface area contributed by atoms with Crippen molar-refractivity contribution in [1.82, 2.24) is 4.90 Å². The molecule has 18 heavy (non-hydrogen) atoms. The highest BCUT2D eigenvalue weighted by molar-refractivity contribution is 9.09. The highest BCUT2D eigenvalue weighted by Gasteiger charge is 2.44. The van der Waals surface area contributed by atoms with Crippen LogP contribution in [0.25, 0.3) is 0 Å². The zero-order valence-electron chi connectivity index (χ0n) is 11.6. The number of hydrogen-bond acceptors (Lipinski definition) is 2. The van der Waals surface area contributed by atoms with Gasteiger partial charge in [0.1, 0.15) is 5.60 Å². The number of amides is 1. The minimum Gasteiger partial charge on any atom is -0.444 e. The van der Waals surface area contributed by atoms with Crippen molar-refractivity contribution in [3.05, 3.63) is 0 Å². The van der Waals surface area contributed by atoms with Crippen molar-refractivity contribution >= 4 is 22.0 Å². The Morgan fingerprint density at radius 3 is 2.28 bits per heavy atom. The molecule has 0 saturated carbocycles. The lowest BCUT2D eigenvalue weighted by Crippen LogP contribution is -2.48. The van der Waals surface area contributed by atoms with Gasteiger partial charge in [0, 0.05) is 17.4 Å². The Morgan fingerprint density at radius 2 is 1.83 bits per heavy atom. The second-order valence-electron chi connectivity index (χ2n) is 6.59. The van der Waals surface area contributed by atoms with Crippen molar-refractivity contribution in [2.24, 2.45) is 5.92 Å². The summed E-state index contributed by atoms with van der Waals surface area (Å²) in [5.74, 6) is 0.778. The molecule has 2 rings (SSSR count). The molecule has 2 saturated heterocycles. The molecule has 2 bridgehead atoms. The number of fused-ring (bicyclic) bond motifs is 2. The van der Waals surface area contributed by atoms with Crippen molar-refractivity contribution < 1.29 is 9.53 Å². The fourth-order valence-corrected chi connectivity index (χ4v) is 3.94. The van der Waals surface area contributed by atoms with Crippen molar-refractivity contribution in [2.45, 2.75) is 70.6 Å². The zero-order valence-corrected chi connectivity index (χ0v) is 13.2. The third-order valence-electron chi connectivity index (χ3n) is 3.95. The zero-order chi connectivity index (χ0) is 13.3. The van der Waals surface area contributed by atoms with Gasteiger partial charge < -0.3 is 9.64 Å². The van der Waals surface area contributed by atoms with E-state index in [0.29, 0.717) is 12.1 Å². The van der Waals surface area contributed by atoms with Crippen LogP contribution < -0.4 is 0 Å². The van der Waals surface area contributed by atoms with E-state index in [2.05, 4.69) is 15.9 Å². The molecule has 0 aliphatic carbocycles. The first-order valence-corrected chi connectivity index (χ1v) is 8.10. The van der Waals surface area contributed by atoms with Crippen molar-refractivity contribution in [3.63, 3.8) is 0 Å². The van der Waals surface area contributed by atoms with E-state index >= 15 is 0 Å². The number of carbonyl (C=O) groups is 1. The maximum atomic E-state index is 12.2. The Hall–Kier alpha value is -0.250. The van der Waals surface area contributed by atoms with Gasteiger partial charge in [-0.25, -0.2) is 4.79 Å². The largest absolute Gasteiger partial charge is 0.444 e. The molecule has 2 fully saturated rings. The molecule has 2 unspecified atom stereocenters. The van der Waals surface area contributed by atoms with Crippen LogP contribution in [-0.2, 0) is 4.74 Å². The van der Waals surface area contributed by atoms with Crippen LogP contribution >= 0.6 is 15.9 Å². The Kier molecular flexibility index (Phi) is 4.25. The molecule has 2 aliphatic rings. The molecule has 2 aliphatic heterocycles. The second-order valence-corrected chi connectivity index (χ2v) is 7.38. The fourth-order valence-electron chi connectivity index (χ4n) is 3.29. The summed E-state index contributed by atoms with van der Waals surface area (Å²) in [6.07, 6.45) is 5.75. The molecule has 104 valence electrons. The fraction of sp³-hybridized carbons (Fsp3) is 0.929. The molecule has 2 atom stereocenters. The standard InChI is InChI=1S/C14H24BrNO2/c1-14(2,3)18-13(17)16-11-4-5-12(16)9-10(8-11)6-7-15/h10-12H,4-9H2,1-3H3. The smallest absolute Gasteiger partial charge is 0.410 e. The van der Waals surface area contributed by atoms with Gasteiger partial charge in [-0.1, -0.05) is 15.9 Å². The maximum Gasteiger partial charge on any atom is 0.410 e. The third kappa shape index (κ3) is 3.19. The summed E-state index contributed by atoms with van der Waals surface area (Å²) in [7, 11) is 0. The van der Waals surface area contributed by atoms with E-state index in [1.807, 2.05) is 25.7 Å². The summed E-state index contributed by atoms with van der Waals surface area (Å²) >= 11 is 3.52. The van der Waals surface area contributed by atoms with Crippen LogP contribution in [0.3, 0.4) is 0 Å². The summed E-state index contributed by atoms with van der Waals surface area (Å²) < 4.78 is 5.53. The number of alkyl halides is 1. The van der Waals surface area contributed by atoms with E-state index in [1.165, 1.54) is 6.42 Å². The lowest BCUT2D eigenvalue weighted by molar-refractivity contribution is 0.00200. The van der Waals surface area contributed by atoms with Crippen LogP contribution in [0.4, 0.5) is 4.79 Å². The first-order chi connectivity index (χ1) is 8.40. The number of halogens is 1. The van der Waals surface area contributed by atoms with Crippen LogP contribution in [-0.4, -0.2) is 34.0 Å². The molecule has 2 heterocycles. The third-order valence-corrected chi connectivity index (χ3v) is 4.41. The minimum atomic E-state index is -0.386. The Balaban J connectivity index is 1.98. The Morgan fingerprint density at radius 1 is 1.28 bits per heavy atom. The molecule has 0 radical (unpaired) electrons. The maximum absolute atomic E-state index is 12.2. The van der Waals surface area contributed by atoms with E-state index in [4.69, 9.17) is 4.74 Å². The van der Waals surface area contributed by atoms with Gasteiger partial charge in [-0.15, -0.1) is 0 Å². The van der Waals surface area contributed by atoms with Gasteiger partial charge in [-0.2, -0.15) is 0 Å². The average molecular weight is 318 g/mol. The average Bonchev–Trinajstić information content (AvgIpc) is 2.49. The number of piperidine rings is 1. The first kappa shape index (κ1) is 14.2. The van der Waals surface area contributed by atoms with E-state index in [0.717, 1.165) is 36.9 Å². The summed E-state index contributed by atoms with van der Waals surface area (Å²) in [6, 6.07) is 0.838. The van der Waals surface area contributed by atoms with Crippen molar-refractivity contribution in [1.29, 1.82) is 0 Å². The summed E-state index contributed by atoms with van der Waals surface area (Å²) in [5.41, 5.74) is -0.386. The van der Waals surface area contributed by atoms with Crippen LogP contribution in [0, 0.1) is 5.92 Å². The number of rotatable bonds is 2. The van der Waals surface area contributed by atoms with E-state index in [1.54, 1.807) is 0 Å². The van der Waals surface area contributed by atoms with Gasteiger partial charge in [-0.05, 0) is 58.8 Å². The van der Waals surface area contributed by atoms with E-state index in [9.17, 15) is 4.79 Å². The highest BCUT2D eigenvalue weighted by Crippen LogP contribution is 2.40. The Bertz CT molecular complexity index is 299. The molecule has 0 N–H and O–H groups in total. The van der Waals surface area contributed by atoms with Gasteiger partial charge in [0.25, 0.3) is 0 Å². The molecule has 4 heteroatoms. The monoisotopic (exact) mass is 317 g/mol. The van der Waals surface area contributed by atoms with Crippen LogP contribution in [0.1, 0.15) is 52.9 Å². The molecule has 0 aromatic heterocycles. The molecule has 0 aromatic rings. The number of hydrogen-bond donors (Lipinski definition) is 0. The molecule has 0 aromatic carbocycles. The highest BCUT2D eigenvalue weighted by atomic mass is 79.9.